The monoisotopic (exact) mass is 1560 g/mol. The van der Waals surface area contributed by atoms with Gasteiger partial charge in [0.2, 0.25) is 17.7 Å². The zero-order valence-electron chi connectivity index (χ0n) is 57.0. The highest BCUT2D eigenvalue weighted by Gasteiger charge is 2.48. The third kappa shape index (κ3) is 38.6. The largest absolute Gasteiger partial charge is 0.472 e. The maximum absolute atomic E-state index is 12.8. The number of phosphoric ester groups is 4. The van der Waals surface area contributed by atoms with Gasteiger partial charge >= 0.3 is 31.3 Å². The van der Waals surface area contributed by atoms with Crippen molar-refractivity contribution in [1.82, 2.24) is 16.0 Å². The van der Waals surface area contributed by atoms with Crippen LogP contribution in [0.4, 0.5) is 0 Å². The van der Waals surface area contributed by atoms with Crippen molar-refractivity contribution in [2.75, 3.05) is 139 Å². The van der Waals surface area contributed by atoms with Gasteiger partial charge in [0.25, 0.3) is 0 Å². The molecule has 3 aliphatic rings. The molecule has 3 rings (SSSR count). The van der Waals surface area contributed by atoms with Crippen molar-refractivity contribution < 1.29 is 182 Å². The Hall–Kier alpha value is -1.91. The summed E-state index contributed by atoms with van der Waals surface area (Å²) in [6.07, 6.45) is -13.0. The second-order valence-corrected chi connectivity index (χ2v) is 29.5. The van der Waals surface area contributed by atoms with Gasteiger partial charge in [-0.3, -0.25) is 46.0 Å². The molecule has 0 bridgehead atoms. The lowest BCUT2D eigenvalue weighted by molar-refractivity contribution is -0.270. The molecule has 41 nitrogen and oxygen atoms in total. The molecule has 0 saturated carbocycles. The van der Waals surface area contributed by atoms with Gasteiger partial charge in [-0.1, -0.05) is 12.8 Å². The summed E-state index contributed by atoms with van der Waals surface area (Å²) in [6, 6.07) is -3.49. The lowest BCUT2D eigenvalue weighted by atomic mass is 9.92. The summed E-state index contributed by atoms with van der Waals surface area (Å²) in [5.41, 5.74) is -1.14. The molecular weight excluding hydrogens is 1450 g/mol. The molecule has 3 fully saturated rings. The van der Waals surface area contributed by atoms with E-state index in [-0.39, 0.29) is 177 Å². The number of phosphoric acid groups is 4. The Morgan fingerprint density at radius 2 is 0.564 bits per heavy atom. The van der Waals surface area contributed by atoms with Crippen molar-refractivity contribution in [2.45, 2.75) is 196 Å². The van der Waals surface area contributed by atoms with Gasteiger partial charge < -0.3 is 134 Å². The SMILES string of the molecule is CC(=O)NC1C(OCCCCOP(=O)(O)OCCCOCC(COCCCCCCOP(=O)(O)O)(COCCCOP(=O)(O)OCCCCOC2OC(CO)C(O)C(O)C2NC(C)=O)COCCCOP(=O)(O)OCCCCOC2OC(CO)C(O)C(O)C2NC(C)=O)OC(CO)C(O)C1O. The third-order valence-electron chi connectivity index (χ3n) is 15.1. The van der Waals surface area contributed by atoms with E-state index < -0.39 is 166 Å². The summed E-state index contributed by atoms with van der Waals surface area (Å²) in [6.45, 7) is -0.913. The van der Waals surface area contributed by atoms with Crippen LogP contribution in [-0.4, -0.2) is 319 Å². The number of hydrogen-bond acceptors (Lipinski definition) is 33. The average molecular weight is 1560 g/mol. The minimum absolute atomic E-state index is 0.0441. The Morgan fingerprint density at radius 3 is 0.822 bits per heavy atom. The number of unbranched alkanes of at least 4 members (excludes halogenated alkanes) is 6. The van der Waals surface area contributed by atoms with E-state index in [4.69, 9.17) is 84.3 Å². The van der Waals surface area contributed by atoms with Gasteiger partial charge in [-0.15, -0.1) is 0 Å². The van der Waals surface area contributed by atoms with Crippen LogP contribution in [0.2, 0.25) is 0 Å². The fourth-order valence-corrected chi connectivity index (χ4v) is 12.7. The van der Waals surface area contributed by atoms with Crippen LogP contribution < -0.4 is 16.0 Å². The fraction of sp³-hybridized carbons (Fsp3) is 0.946. The van der Waals surface area contributed by atoms with Crippen LogP contribution in [0.5, 0.6) is 0 Å². The molecule has 0 aromatic carbocycles. The summed E-state index contributed by atoms with van der Waals surface area (Å²) >= 11 is 0. The van der Waals surface area contributed by atoms with Crippen LogP contribution in [0.3, 0.4) is 0 Å². The van der Waals surface area contributed by atoms with Crippen LogP contribution in [0.25, 0.3) is 0 Å². The van der Waals surface area contributed by atoms with E-state index in [2.05, 4.69) is 20.5 Å². The third-order valence-corrected chi connectivity index (χ3v) is 18.7. The molecule has 0 spiro atoms. The van der Waals surface area contributed by atoms with E-state index in [0.29, 0.717) is 25.7 Å². The molecule has 0 aromatic rings. The molecule has 101 heavy (non-hydrogen) atoms. The molecule has 18 unspecified atom stereocenters. The van der Waals surface area contributed by atoms with Gasteiger partial charge in [0.05, 0.1) is 97.9 Å². The van der Waals surface area contributed by atoms with Gasteiger partial charge in [-0.2, -0.15) is 0 Å². The van der Waals surface area contributed by atoms with Crippen molar-refractivity contribution in [1.29, 1.82) is 0 Å². The molecular formula is C56H109N3O38P4. The first kappa shape index (κ1) is 93.3. The summed E-state index contributed by atoms with van der Waals surface area (Å²) in [5, 5.41) is 98.2. The highest BCUT2D eigenvalue weighted by molar-refractivity contribution is 7.48. The number of rotatable bonds is 58. The maximum Gasteiger partial charge on any atom is 0.472 e. The van der Waals surface area contributed by atoms with Crippen molar-refractivity contribution in [3.05, 3.63) is 0 Å². The standard InChI is InChI=1S/C56H109N3O38P4/c1-38(63)57-44-50(69)47(66)41(31-60)95-53(44)85-21-8-11-25-89-99(75,76)92-28-14-18-82-35-56(34-81-17-6-4-5-7-24-88-98(72,73)74,36-83-19-15-29-93-100(77,78)90-26-12-9-22-86-54-45(58-39(2)64)51(70)48(67)42(32-61)96-54)37-84-20-16-30-94-101(79,80)91-27-13-10-23-87-55-46(59-40(3)65)52(71)49(68)43(33-62)97-55/h41-55,60-62,66-71H,4-37H2,1-3H3,(H,57,63)(H,58,64)(H,59,65)(H,75,76)(H,77,78)(H,79,80)(H2,72,73,74). The number of ether oxygens (including phenoxy) is 10. The zero-order valence-corrected chi connectivity index (χ0v) is 60.6. The molecule has 3 saturated heterocycles. The van der Waals surface area contributed by atoms with Gasteiger partial charge in [0.15, 0.2) is 18.9 Å². The topological polar surface area (TPSA) is 596 Å². The van der Waals surface area contributed by atoms with E-state index in [1.54, 1.807) is 0 Å². The van der Waals surface area contributed by atoms with Crippen LogP contribution in [0.15, 0.2) is 0 Å². The van der Waals surface area contributed by atoms with Crippen LogP contribution in [0.1, 0.15) is 104 Å². The molecule has 3 amide bonds. The van der Waals surface area contributed by atoms with E-state index in [9.17, 15) is 93.3 Å². The second-order valence-electron chi connectivity index (χ2n) is 23.9. The number of amides is 3. The minimum atomic E-state index is -4.64. The Morgan fingerprint density at radius 1 is 0.337 bits per heavy atom. The fourth-order valence-electron chi connectivity index (χ4n) is 9.97. The van der Waals surface area contributed by atoms with Crippen molar-refractivity contribution >= 4 is 49.0 Å². The number of hydrogen-bond donors (Lipinski definition) is 17. The molecule has 17 N–H and O–H groups in total. The first-order valence-corrected chi connectivity index (χ1v) is 39.2. The average Bonchev–Trinajstić information content (AvgIpc) is 0.821. The molecule has 0 aromatic heterocycles. The van der Waals surface area contributed by atoms with Gasteiger partial charge in [0, 0.05) is 67.0 Å². The quantitative estimate of drug-likeness (QED) is 0.0221. The lowest BCUT2D eigenvalue weighted by Gasteiger charge is -2.42. The summed E-state index contributed by atoms with van der Waals surface area (Å²) in [4.78, 5) is 84.4. The van der Waals surface area contributed by atoms with E-state index in [0.717, 1.165) is 0 Å². The van der Waals surface area contributed by atoms with Gasteiger partial charge in [0.1, 0.15) is 73.1 Å². The lowest BCUT2D eigenvalue weighted by Crippen LogP contribution is -2.64. The second kappa shape index (κ2) is 49.9. The molecule has 18 atom stereocenters. The Labute approximate surface area is 585 Å². The van der Waals surface area contributed by atoms with Crippen molar-refractivity contribution in [3.8, 4) is 0 Å². The zero-order chi connectivity index (χ0) is 75.1. The number of aliphatic hydroxyl groups is 9. The molecule has 596 valence electrons. The maximum atomic E-state index is 12.8. The first-order chi connectivity index (χ1) is 47.8. The smallest absolute Gasteiger partial charge is 0.394 e. The Balaban J connectivity index is 1.59. The summed E-state index contributed by atoms with van der Waals surface area (Å²) in [5.74, 6) is -1.62. The number of aliphatic hydroxyl groups excluding tert-OH is 9. The molecule has 45 heteroatoms. The minimum Gasteiger partial charge on any atom is -0.394 e. The van der Waals surface area contributed by atoms with Gasteiger partial charge in [-0.05, 0) is 70.6 Å². The van der Waals surface area contributed by atoms with Gasteiger partial charge in [-0.25, -0.2) is 18.3 Å². The molecule has 0 radical (unpaired) electrons. The van der Waals surface area contributed by atoms with E-state index in [1.807, 2.05) is 0 Å². The van der Waals surface area contributed by atoms with Crippen molar-refractivity contribution in [3.63, 3.8) is 0 Å². The summed E-state index contributed by atoms with van der Waals surface area (Å²) in [7, 11) is -18.4. The van der Waals surface area contributed by atoms with E-state index >= 15 is 0 Å². The number of nitrogens with one attached hydrogen (secondary N) is 3. The highest BCUT2D eigenvalue weighted by Crippen LogP contribution is 2.45. The molecule has 3 aliphatic heterocycles. The van der Waals surface area contributed by atoms with E-state index in [1.165, 1.54) is 20.8 Å². The summed E-state index contributed by atoms with van der Waals surface area (Å²) < 4.78 is 142. The van der Waals surface area contributed by atoms with Crippen LogP contribution in [-0.2, 0) is 112 Å². The number of carbonyl (C=O) groups is 3. The molecule has 3 heterocycles. The number of carbonyl (C=O) groups excluding carboxylic acids is 3. The Kier molecular flexibility index (Phi) is 46.1. The Bertz CT molecular complexity index is 2260. The molecule has 0 aliphatic carbocycles. The predicted octanol–water partition coefficient (Wildman–Crippen LogP) is -2.50. The predicted molar refractivity (Wildman–Crippen MR) is 343 cm³/mol. The van der Waals surface area contributed by atoms with Crippen LogP contribution >= 0.6 is 31.3 Å². The van der Waals surface area contributed by atoms with Crippen LogP contribution in [0, 0.1) is 5.41 Å². The first-order valence-electron chi connectivity index (χ1n) is 33.2. The normalized spacial score (nSPS) is 28.1. The highest BCUT2D eigenvalue weighted by atomic mass is 31.2. The van der Waals surface area contributed by atoms with Crippen molar-refractivity contribution in [2.24, 2.45) is 5.41 Å².